The summed E-state index contributed by atoms with van der Waals surface area (Å²) in [7, 11) is 0. The predicted molar refractivity (Wildman–Crippen MR) is 81.9 cm³/mol. The summed E-state index contributed by atoms with van der Waals surface area (Å²) in [4.78, 5) is 4.52. The summed E-state index contributed by atoms with van der Waals surface area (Å²) in [5.41, 5.74) is 1.86. The van der Waals surface area contributed by atoms with Gasteiger partial charge in [-0.25, -0.2) is 0 Å². The van der Waals surface area contributed by atoms with Crippen LogP contribution in [0.2, 0.25) is 5.02 Å². The third-order valence-electron chi connectivity index (χ3n) is 4.12. The lowest BCUT2D eigenvalue weighted by Crippen LogP contribution is -2.35. The molecule has 2 aromatic rings. The van der Waals surface area contributed by atoms with Crippen LogP contribution in [0.4, 0.5) is 0 Å². The SMILES string of the molecule is Clc1cccc(OC2CCC3(OCCO3)c3cccnc32)c1. The first-order valence-corrected chi connectivity index (χ1v) is 7.80. The summed E-state index contributed by atoms with van der Waals surface area (Å²) in [5.74, 6) is 0.107. The molecule has 114 valence electrons. The summed E-state index contributed by atoms with van der Waals surface area (Å²) in [6.45, 7) is 1.24. The summed E-state index contributed by atoms with van der Waals surface area (Å²) < 4.78 is 17.9. The fourth-order valence-electron chi connectivity index (χ4n) is 3.16. The summed E-state index contributed by atoms with van der Waals surface area (Å²) in [6, 6.07) is 11.4. The van der Waals surface area contributed by atoms with Crippen molar-refractivity contribution in [2.24, 2.45) is 0 Å². The quantitative estimate of drug-likeness (QED) is 0.843. The van der Waals surface area contributed by atoms with Gasteiger partial charge in [-0.15, -0.1) is 0 Å². The molecule has 2 heterocycles. The largest absolute Gasteiger partial charge is 0.484 e. The normalized spacial score (nSPS) is 22.5. The summed E-state index contributed by atoms with van der Waals surface area (Å²) in [6.07, 6.45) is 3.21. The lowest BCUT2D eigenvalue weighted by molar-refractivity contribution is -0.182. The van der Waals surface area contributed by atoms with E-state index < -0.39 is 5.79 Å². The number of hydrogen-bond acceptors (Lipinski definition) is 4. The first-order valence-electron chi connectivity index (χ1n) is 7.42. The highest BCUT2D eigenvalue weighted by Crippen LogP contribution is 2.46. The van der Waals surface area contributed by atoms with E-state index in [0.29, 0.717) is 18.2 Å². The summed E-state index contributed by atoms with van der Waals surface area (Å²) >= 11 is 6.03. The Kier molecular flexibility index (Phi) is 3.53. The van der Waals surface area contributed by atoms with Gasteiger partial charge < -0.3 is 14.2 Å². The van der Waals surface area contributed by atoms with Gasteiger partial charge in [0.2, 0.25) is 0 Å². The van der Waals surface area contributed by atoms with Crippen LogP contribution in [0, 0.1) is 0 Å². The minimum atomic E-state index is -0.641. The van der Waals surface area contributed by atoms with Gasteiger partial charge in [0.15, 0.2) is 5.79 Å². The monoisotopic (exact) mass is 317 g/mol. The van der Waals surface area contributed by atoms with Crippen LogP contribution in [-0.4, -0.2) is 18.2 Å². The van der Waals surface area contributed by atoms with Crippen molar-refractivity contribution in [2.45, 2.75) is 24.7 Å². The first-order chi connectivity index (χ1) is 10.8. The third-order valence-corrected chi connectivity index (χ3v) is 4.35. The number of ether oxygens (including phenoxy) is 3. The average molecular weight is 318 g/mol. The molecule has 22 heavy (non-hydrogen) atoms. The van der Waals surface area contributed by atoms with Crippen molar-refractivity contribution in [3.63, 3.8) is 0 Å². The van der Waals surface area contributed by atoms with Crippen molar-refractivity contribution in [2.75, 3.05) is 13.2 Å². The van der Waals surface area contributed by atoms with E-state index in [1.54, 1.807) is 6.20 Å². The maximum absolute atomic E-state index is 6.11. The molecule has 1 fully saturated rings. The minimum absolute atomic E-state index is 0.118. The Morgan fingerprint density at radius 1 is 1.18 bits per heavy atom. The van der Waals surface area contributed by atoms with Crippen LogP contribution in [-0.2, 0) is 15.3 Å². The second-order valence-electron chi connectivity index (χ2n) is 5.49. The molecule has 1 aromatic heterocycles. The molecule has 0 amide bonds. The van der Waals surface area contributed by atoms with Gasteiger partial charge in [-0.3, -0.25) is 4.98 Å². The number of halogens is 1. The van der Waals surface area contributed by atoms with Crippen LogP contribution < -0.4 is 4.74 Å². The molecule has 0 N–H and O–H groups in total. The molecule has 4 rings (SSSR count). The Balaban J connectivity index is 1.67. The minimum Gasteiger partial charge on any atom is -0.484 e. The van der Waals surface area contributed by atoms with E-state index in [1.807, 2.05) is 36.4 Å². The van der Waals surface area contributed by atoms with E-state index in [2.05, 4.69) is 4.98 Å². The van der Waals surface area contributed by atoms with Gasteiger partial charge in [0.25, 0.3) is 0 Å². The van der Waals surface area contributed by atoms with E-state index in [4.69, 9.17) is 25.8 Å². The Hall–Kier alpha value is -1.62. The van der Waals surface area contributed by atoms with Gasteiger partial charge in [0, 0.05) is 23.2 Å². The zero-order valence-electron chi connectivity index (χ0n) is 12.0. The molecule has 4 nitrogen and oxygen atoms in total. The van der Waals surface area contributed by atoms with Crippen molar-refractivity contribution in [3.8, 4) is 5.75 Å². The molecule has 1 aliphatic carbocycles. The maximum Gasteiger partial charge on any atom is 0.197 e. The zero-order chi connectivity index (χ0) is 15.0. The number of benzene rings is 1. The lowest BCUT2D eigenvalue weighted by Gasteiger charge is -2.36. The molecular weight excluding hydrogens is 302 g/mol. The smallest absolute Gasteiger partial charge is 0.197 e. The topological polar surface area (TPSA) is 40.6 Å². The molecule has 0 radical (unpaired) electrons. The molecule has 0 bridgehead atoms. The van der Waals surface area contributed by atoms with E-state index in [1.165, 1.54) is 0 Å². The molecule has 1 spiro atoms. The standard InChI is InChI=1S/C17H16ClNO3/c18-12-3-1-4-13(11-12)22-15-6-7-17(20-9-10-21-17)14-5-2-8-19-16(14)15/h1-5,8,11,15H,6-7,9-10H2. The number of hydrogen-bond donors (Lipinski definition) is 0. The Morgan fingerprint density at radius 3 is 2.86 bits per heavy atom. The number of nitrogens with zero attached hydrogens (tertiary/aromatic N) is 1. The Labute approximate surface area is 134 Å². The fourth-order valence-corrected chi connectivity index (χ4v) is 3.34. The van der Waals surface area contributed by atoms with Gasteiger partial charge in [0.1, 0.15) is 11.9 Å². The molecule has 5 heteroatoms. The molecule has 1 atom stereocenters. The van der Waals surface area contributed by atoms with Gasteiger partial charge >= 0.3 is 0 Å². The first kappa shape index (κ1) is 14.0. The fraction of sp³-hybridized carbons (Fsp3) is 0.353. The average Bonchev–Trinajstić information content (AvgIpc) is 3.00. The number of fused-ring (bicyclic) bond motifs is 2. The van der Waals surface area contributed by atoms with Crippen molar-refractivity contribution in [1.29, 1.82) is 0 Å². The lowest BCUT2D eigenvalue weighted by atomic mass is 9.88. The van der Waals surface area contributed by atoms with Crippen molar-refractivity contribution in [3.05, 3.63) is 58.9 Å². The Bertz CT molecular complexity index is 685. The van der Waals surface area contributed by atoms with Gasteiger partial charge in [-0.05, 0) is 30.7 Å². The van der Waals surface area contributed by atoms with Crippen LogP contribution in [0.1, 0.15) is 30.2 Å². The maximum atomic E-state index is 6.11. The highest BCUT2D eigenvalue weighted by atomic mass is 35.5. The van der Waals surface area contributed by atoms with Gasteiger partial charge in [0.05, 0.1) is 18.9 Å². The molecule has 1 aliphatic heterocycles. The van der Waals surface area contributed by atoms with Crippen molar-refractivity contribution in [1.82, 2.24) is 4.98 Å². The van der Waals surface area contributed by atoms with Gasteiger partial charge in [-0.2, -0.15) is 0 Å². The molecule has 1 aromatic carbocycles. The van der Waals surface area contributed by atoms with E-state index in [0.717, 1.165) is 29.8 Å². The van der Waals surface area contributed by atoms with Crippen LogP contribution in [0.5, 0.6) is 5.75 Å². The van der Waals surface area contributed by atoms with Crippen molar-refractivity contribution < 1.29 is 14.2 Å². The second kappa shape index (κ2) is 5.54. The number of rotatable bonds is 2. The summed E-state index contributed by atoms with van der Waals surface area (Å²) in [5, 5.41) is 0.661. The number of aromatic nitrogens is 1. The highest BCUT2D eigenvalue weighted by molar-refractivity contribution is 6.30. The predicted octanol–water partition coefficient (Wildman–Crippen LogP) is 3.85. The van der Waals surface area contributed by atoms with E-state index in [9.17, 15) is 0 Å². The highest BCUT2D eigenvalue weighted by Gasteiger charge is 2.46. The van der Waals surface area contributed by atoms with Crippen LogP contribution in [0.25, 0.3) is 0 Å². The molecule has 0 saturated carbocycles. The molecule has 1 unspecified atom stereocenters. The van der Waals surface area contributed by atoms with Crippen LogP contribution in [0.15, 0.2) is 42.6 Å². The molecule has 1 saturated heterocycles. The molecule has 2 aliphatic rings. The van der Waals surface area contributed by atoms with Crippen LogP contribution in [0.3, 0.4) is 0 Å². The second-order valence-corrected chi connectivity index (χ2v) is 5.93. The van der Waals surface area contributed by atoms with E-state index >= 15 is 0 Å². The third kappa shape index (κ3) is 2.37. The van der Waals surface area contributed by atoms with Gasteiger partial charge in [-0.1, -0.05) is 23.7 Å². The van der Waals surface area contributed by atoms with Crippen molar-refractivity contribution >= 4 is 11.6 Å². The Morgan fingerprint density at radius 2 is 2.05 bits per heavy atom. The zero-order valence-corrected chi connectivity index (χ0v) is 12.8. The number of pyridine rings is 1. The van der Waals surface area contributed by atoms with Crippen LogP contribution >= 0.6 is 11.6 Å². The molecular formula is C17H16ClNO3. The van der Waals surface area contributed by atoms with E-state index in [-0.39, 0.29) is 6.10 Å².